The van der Waals surface area contributed by atoms with E-state index in [1.54, 1.807) is 0 Å². The summed E-state index contributed by atoms with van der Waals surface area (Å²) in [6.45, 7) is 0. The zero-order chi connectivity index (χ0) is 12.6. The second-order valence-corrected chi connectivity index (χ2v) is 3.31. The number of anilines is 1. The molecule has 0 fully saturated rings. The van der Waals surface area contributed by atoms with Gasteiger partial charge in [-0.15, -0.1) is 0 Å². The van der Waals surface area contributed by atoms with Gasteiger partial charge < -0.3 is 10.3 Å². The standard InChI is InChI=1S/C10H6F4N2O/c11-7-3-5(8-4-9(15)17-16-8)1-2-6(7)10(12,13)14/h1-4H,15H2. The molecule has 0 aliphatic heterocycles. The molecule has 2 N–H and O–H groups in total. The summed E-state index contributed by atoms with van der Waals surface area (Å²) in [5.41, 5.74) is 4.27. The molecule has 0 saturated carbocycles. The first-order valence-corrected chi connectivity index (χ1v) is 4.47. The molecule has 7 heteroatoms. The third-order valence-electron chi connectivity index (χ3n) is 2.10. The van der Waals surface area contributed by atoms with Crippen molar-refractivity contribution in [3.8, 4) is 11.3 Å². The lowest BCUT2D eigenvalue weighted by Gasteiger charge is -2.08. The fraction of sp³-hybridized carbons (Fsp3) is 0.100. The molecule has 0 unspecified atom stereocenters. The Balaban J connectivity index is 2.44. The highest BCUT2D eigenvalue weighted by atomic mass is 19.4. The Morgan fingerprint density at radius 2 is 1.88 bits per heavy atom. The number of alkyl halides is 3. The molecule has 0 radical (unpaired) electrons. The fourth-order valence-electron chi connectivity index (χ4n) is 1.33. The normalized spacial score (nSPS) is 11.8. The van der Waals surface area contributed by atoms with E-state index in [0.717, 1.165) is 12.1 Å². The quantitative estimate of drug-likeness (QED) is 0.786. The molecule has 0 aliphatic rings. The SMILES string of the molecule is Nc1cc(-c2ccc(C(F)(F)F)c(F)c2)no1. The second kappa shape index (κ2) is 3.76. The minimum atomic E-state index is -4.72. The number of rotatable bonds is 1. The van der Waals surface area contributed by atoms with Crippen molar-refractivity contribution in [3.05, 3.63) is 35.6 Å². The first-order chi connectivity index (χ1) is 7.88. The maximum absolute atomic E-state index is 13.2. The highest BCUT2D eigenvalue weighted by Crippen LogP contribution is 2.33. The number of hydrogen-bond donors (Lipinski definition) is 1. The molecule has 1 aromatic carbocycles. The number of nitrogens with zero attached hydrogens (tertiary/aromatic N) is 1. The molecule has 2 aromatic rings. The predicted octanol–water partition coefficient (Wildman–Crippen LogP) is 3.08. The Labute approximate surface area is 92.8 Å². The van der Waals surface area contributed by atoms with E-state index in [0.29, 0.717) is 6.07 Å². The summed E-state index contributed by atoms with van der Waals surface area (Å²) in [7, 11) is 0. The third-order valence-corrected chi connectivity index (χ3v) is 2.10. The third kappa shape index (κ3) is 2.22. The summed E-state index contributed by atoms with van der Waals surface area (Å²) in [6.07, 6.45) is -4.72. The Kier molecular flexibility index (Phi) is 2.53. The fourth-order valence-corrected chi connectivity index (χ4v) is 1.33. The summed E-state index contributed by atoms with van der Waals surface area (Å²) in [6, 6.07) is 3.78. The lowest BCUT2D eigenvalue weighted by Crippen LogP contribution is -2.07. The number of nitrogens with two attached hydrogens (primary N) is 1. The highest BCUT2D eigenvalue weighted by Gasteiger charge is 2.34. The lowest BCUT2D eigenvalue weighted by atomic mass is 10.1. The van der Waals surface area contributed by atoms with Crippen LogP contribution in [-0.4, -0.2) is 5.16 Å². The molecule has 3 nitrogen and oxygen atoms in total. The van der Waals surface area contributed by atoms with E-state index in [-0.39, 0.29) is 17.1 Å². The molecule has 1 heterocycles. The van der Waals surface area contributed by atoms with Gasteiger partial charge in [0, 0.05) is 11.6 Å². The first kappa shape index (κ1) is 11.4. The van der Waals surface area contributed by atoms with Crippen molar-refractivity contribution in [1.82, 2.24) is 5.16 Å². The highest BCUT2D eigenvalue weighted by molar-refractivity contribution is 5.61. The molecule has 0 spiro atoms. The zero-order valence-electron chi connectivity index (χ0n) is 8.25. The number of halogens is 4. The molecular weight excluding hydrogens is 240 g/mol. The molecule has 0 aliphatic carbocycles. The van der Waals surface area contributed by atoms with Gasteiger partial charge in [0.25, 0.3) is 0 Å². The van der Waals surface area contributed by atoms with E-state index >= 15 is 0 Å². The second-order valence-electron chi connectivity index (χ2n) is 3.31. The van der Waals surface area contributed by atoms with Crippen molar-refractivity contribution in [2.75, 3.05) is 5.73 Å². The molecule has 2 rings (SSSR count). The van der Waals surface area contributed by atoms with Gasteiger partial charge in [-0.2, -0.15) is 13.2 Å². The van der Waals surface area contributed by atoms with Crippen LogP contribution in [0.3, 0.4) is 0 Å². The van der Waals surface area contributed by atoms with Gasteiger partial charge in [0.15, 0.2) is 0 Å². The Bertz CT molecular complexity index is 547. The Morgan fingerprint density at radius 1 is 1.18 bits per heavy atom. The largest absolute Gasteiger partial charge is 0.419 e. The van der Waals surface area contributed by atoms with E-state index in [9.17, 15) is 17.6 Å². The summed E-state index contributed by atoms with van der Waals surface area (Å²) >= 11 is 0. The number of nitrogen functional groups attached to an aromatic ring is 1. The van der Waals surface area contributed by atoms with E-state index in [1.807, 2.05) is 0 Å². The minimum Gasteiger partial charge on any atom is -0.368 e. The van der Waals surface area contributed by atoms with Crippen LogP contribution in [-0.2, 0) is 6.18 Å². The lowest BCUT2D eigenvalue weighted by molar-refractivity contribution is -0.139. The van der Waals surface area contributed by atoms with Crippen LogP contribution in [0.15, 0.2) is 28.8 Å². The van der Waals surface area contributed by atoms with Gasteiger partial charge in [0.2, 0.25) is 5.88 Å². The molecule has 90 valence electrons. The average Bonchev–Trinajstić information content (AvgIpc) is 2.62. The summed E-state index contributed by atoms with van der Waals surface area (Å²) < 4.78 is 54.6. The zero-order valence-corrected chi connectivity index (χ0v) is 8.25. The van der Waals surface area contributed by atoms with Crippen molar-refractivity contribution in [2.45, 2.75) is 6.18 Å². The van der Waals surface area contributed by atoms with E-state index < -0.39 is 17.6 Å². The Hall–Kier alpha value is -2.05. The Morgan fingerprint density at radius 3 is 2.35 bits per heavy atom. The molecule has 0 atom stereocenters. The maximum atomic E-state index is 13.2. The number of hydrogen-bond acceptors (Lipinski definition) is 3. The van der Waals surface area contributed by atoms with Crippen molar-refractivity contribution in [3.63, 3.8) is 0 Å². The molecule has 0 saturated heterocycles. The first-order valence-electron chi connectivity index (χ1n) is 4.47. The minimum absolute atomic E-state index is 0.000283. The topological polar surface area (TPSA) is 52.0 Å². The number of benzene rings is 1. The maximum Gasteiger partial charge on any atom is 0.419 e. The van der Waals surface area contributed by atoms with Crippen LogP contribution in [0.25, 0.3) is 11.3 Å². The van der Waals surface area contributed by atoms with Crippen LogP contribution >= 0.6 is 0 Å². The molecule has 1 aromatic heterocycles. The van der Waals surface area contributed by atoms with Gasteiger partial charge in [-0.25, -0.2) is 4.39 Å². The van der Waals surface area contributed by atoms with E-state index in [2.05, 4.69) is 9.68 Å². The molecule has 17 heavy (non-hydrogen) atoms. The molecule has 0 amide bonds. The van der Waals surface area contributed by atoms with Crippen LogP contribution in [0, 0.1) is 5.82 Å². The van der Waals surface area contributed by atoms with Crippen LogP contribution in [0.1, 0.15) is 5.56 Å². The summed E-state index contributed by atoms with van der Waals surface area (Å²) in [5.74, 6) is -1.36. The average molecular weight is 246 g/mol. The predicted molar refractivity (Wildman–Crippen MR) is 51.3 cm³/mol. The van der Waals surface area contributed by atoms with E-state index in [4.69, 9.17) is 5.73 Å². The van der Waals surface area contributed by atoms with Gasteiger partial charge in [0.1, 0.15) is 11.5 Å². The number of aromatic nitrogens is 1. The smallest absolute Gasteiger partial charge is 0.368 e. The van der Waals surface area contributed by atoms with Gasteiger partial charge >= 0.3 is 6.18 Å². The summed E-state index contributed by atoms with van der Waals surface area (Å²) in [5, 5.41) is 3.47. The van der Waals surface area contributed by atoms with Crippen molar-refractivity contribution in [2.24, 2.45) is 0 Å². The van der Waals surface area contributed by atoms with Gasteiger partial charge in [0.05, 0.1) is 5.56 Å². The van der Waals surface area contributed by atoms with Gasteiger partial charge in [-0.05, 0) is 12.1 Å². The van der Waals surface area contributed by atoms with Crippen LogP contribution in [0.5, 0.6) is 0 Å². The summed E-state index contributed by atoms with van der Waals surface area (Å²) in [4.78, 5) is 0. The monoisotopic (exact) mass is 246 g/mol. The molecule has 0 bridgehead atoms. The van der Waals surface area contributed by atoms with E-state index in [1.165, 1.54) is 6.07 Å². The molecular formula is C10H6F4N2O. The van der Waals surface area contributed by atoms with Crippen LogP contribution < -0.4 is 5.73 Å². The van der Waals surface area contributed by atoms with Gasteiger partial charge in [-0.3, -0.25) is 0 Å². The van der Waals surface area contributed by atoms with Gasteiger partial charge in [-0.1, -0.05) is 11.2 Å². The van der Waals surface area contributed by atoms with Crippen LogP contribution in [0.2, 0.25) is 0 Å². The van der Waals surface area contributed by atoms with Crippen molar-refractivity contribution < 1.29 is 22.1 Å². The van der Waals surface area contributed by atoms with Crippen molar-refractivity contribution in [1.29, 1.82) is 0 Å². The van der Waals surface area contributed by atoms with Crippen molar-refractivity contribution >= 4 is 5.88 Å². The van der Waals surface area contributed by atoms with Crippen LogP contribution in [0.4, 0.5) is 23.4 Å².